The summed E-state index contributed by atoms with van der Waals surface area (Å²) in [5.74, 6) is -0.710. The molecule has 1 aliphatic rings. The fraction of sp³-hybridized carbons (Fsp3) is 0.400. The van der Waals surface area contributed by atoms with Gasteiger partial charge in [-0.1, -0.05) is 17.7 Å². The molecule has 1 unspecified atom stereocenters. The Kier molecular flexibility index (Phi) is 3.90. The zero-order valence-corrected chi connectivity index (χ0v) is 11.1. The molecule has 19 heavy (non-hydrogen) atoms. The third-order valence-corrected chi connectivity index (χ3v) is 3.26. The third-order valence-electron chi connectivity index (χ3n) is 3.26. The second-order valence-electron chi connectivity index (χ2n) is 5.02. The Labute approximate surface area is 112 Å². The molecule has 0 spiro atoms. The molecule has 0 aliphatic carbocycles. The number of carboxylic acids is 1. The van der Waals surface area contributed by atoms with Crippen molar-refractivity contribution in [2.75, 3.05) is 0 Å². The lowest BCUT2D eigenvalue weighted by molar-refractivity contribution is -0.140. The first kappa shape index (κ1) is 13.6. The largest absolute Gasteiger partial charge is 0.508 e. The Morgan fingerprint density at radius 1 is 1.47 bits per heavy atom. The molecule has 4 nitrogen and oxygen atoms in total. The Morgan fingerprint density at radius 2 is 2.21 bits per heavy atom. The lowest BCUT2D eigenvalue weighted by Crippen LogP contribution is -2.07. The highest BCUT2D eigenvalue weighted by molar-refractivity contribution is 5.68. The first-order valence-electron chi connectivity index (χ1n) is 6.29. The molecule has 0 saturated heterocycles. The van der Waals surface area contributed by atoms with Crippen LogP contribution in [0.1, 0.15) is 43.1 Å². The van der Waals surface area contributed by atoms with Gasteiger partial charge in [0, 0.05) is 5.56 Å². The van der Waals surface area contributed by atoms with Gasteiger partial charge in [0.25, 0.3) is 0 Å². The molecule has 2 rings (SSSR count). The Balaban J connectivity index is 2.38. The summed E-state index contributed by atoms with van der Waals surface area (Å²) in [4.78, 5) is 10.9. The fourth-order valence-corrected chi connectivity index (χ4v) is 2.33. The van der Waals surface area contributed by atoms with Gasteiger partial charge in [-0.15, -0.1) is 0 Å². The zero-order valence-electron chi connectivity index (χ0n) is 11.1. The van der Waals surface area contributed by atoms with Crippen molar-refractivity contribution in [2.24, 2.45) is 0 Å². The standard InChI is InChI=1S/C15H18O4/c1-9(2)3-4-10-5-6-12(16)11-8-19-13(15(10)11)7-14(17)18/h3,5-6,13,16H,4,7-8H2,1-2H3,(H,17,18). The Morgan fingerprint density at radius 3 is 2.84 bits per heavy atom. The molecule has 1 aromatic carbocycles. The smallest absolute Gasteiger partial charge is 0.306 e. The van der Waals surface area contributed by atoms with E-state index in [0.29, 0.717) is 0 Å². The second-order valence-corrected chi connectivity index (χ2v) is 5.02. The maximum atomic E-state index is 10.9. The number of ether oxygens (including phenoxy) is 1. The summed E-state index contributed by atoms with van der Waals surface area (Å²) in [6.45, 7) is 4.32. The maximum absolute atomic E-state index is 10.9. The number of carboxylic acid groups (broad SMARTS) is 1. The minimum absolute atomic E-state index is 0.0712. The molecule has 1 aromatic rings. The van der Waals surface area contributed by atoms with Crippen molar-refractivity contribution in [3.05, 3.63) is 40.5 Å². The molecular weight excluding hydrogens is 244 g/mol. The van der Waals surface area contributed by atoms with Crippen LogP contribution in [0.4, 0.5) is 0 Å². The number of aliphatic carboxylic acids is 1. The van der Waals surface area contributed by atoms with Crippen LogP contribution < -0.4 is 0 Å². The van der Waals surface area contributed by atoms with Crippen LogP contribution in [0.2, 0.25) is 0 Å². The summed E-state index contributed by atoms with van der Waals surface area (Å²) in [6.07, 6.45) is 2.28. The zero-order chi connectivity index (χ0) is 14.0. The van der Waals surface area contributed by atoms with Crippen molar-refractivity contribution in [3.63, 3.8) is 0 Å². The van der Waals surface area contributed by atoms with E-state index < -0.39 is 12.1 Å². The minimum Gasteiger partial charge on any atom is -0.508 e. The van der Waals surface area contributed by atoms with Crippen molar-refractivity contribution in [1.82, 2.24) is 0 Å². The quantitative estimate of drug-likeness (QED) is 0.819. The highest BCUT2D eigenvalue weighted by Gasteiger charge is 2.29. The summed E-state index contributed by atoms with van der Waals surface area (Å²) in [7, 11) is 0. The van der Waals surface area contributed by atoms with Crippen molar-refractivity contribution in [1.29, 1.82) is 0 Å². The number of hydrogen-bond acceptors (Lipinski definition) is 3. The van der Waals surface area contributed by atoms with E-state index in [9.17, 15) is 9.90 Å². The van der Waals surface area contributed by atoms with Gasteiger partial charge in [-0.05, 0) is 37.5 Å². The van der Waals surface area contributed by atoms with Crippen LogP contribution in [0.15, 0.2) is 23.8 Å². The van der Waals surface area contributed by atoms with Gasteiger partial charge in [-0.3, -0.25) is 4.79 Å². The van der Waals surface area contributed by atoms with E-state index in [2.05, 4.69) is 6.08 Å². The SMILES string of the molecule is CC(C)=CCc1ccc(O)c2c1C(CC(=O)O)OC2. The number of rotatable bonds is 4. The molecule has 2 N–H and O–H groups in total. The van der Waals surface area contributed by atoms with Crippen LogP contribution >= 0.6 is 0 Å². The van der Waals surface area contributed by atoms with Crippen LogP contribution in [0, 0.1) is 0 Å². The number of fused-ring (bicyclic) bond motifs is 1. The third kappa shape index (κ3) is 2.96. The summed E-state index contributed by atoms with van der Waals surface area (Å²) in [6, 6.07) is 3.50. The molecule has 1 heterocycles. The molecule has 1 atom stereocenters. The van der Waals surface area contributed by atoms with Gasteiger partial charge in [0.2, 0.25) is 0 Å². The van der Waals surface area contributed by atoms with Gasteiger partial charge < -0.3 is 14.9 Å². The van der Waals surface area contributed by atoms with Gasteiger partial charge >= 0.3 is 5.97 Å². The Hall–Kier alpha value is -1.81. The number of benzene rings is 1. The van der Waals surface area contributed by atoms with Crippen LogP contribution in [0.5, 0.6) is 5.75 Å². The maximum Gasteiger partial charge on any atom is 0.306 e. The molecule has 0 bridgehead atoms. The van der Waals surface area contributed by atoms with Gasteiger partial charge in [0.1, 0.15) is 5.75 Å². The number of phenols is 1. The van der Waals surface area contributed by atoms with Crippen molar-refractivity contribution in [2.45, 2.75) is 39.4 Å². The lowest BCUT2D eigenvalue weighted by atomic mass is 9.94. The summed E-state index contributed by atoms with van der Waals surface area (Å²) in [5, 5.41) is 18.8. The van der Waals surface area contributed by atoms with Crippen molar-refractivity contribution >= 4 is 5.97 Å². The van der Waals surface area contributed by atoms with E-state index in [0.717, 1.165) is 23.1 Å². The van der Waals surface area contributed by atoms with Crippen LogP contribution in [-0.4, -0.2) is 16.2 Å². The molecule has 0 saturated carbocycles. The fourth-order valence-electron chi connectivity index (χ4n) is 2.33. The average Bonchev–Trinajstić information content (AvgIpc) is 2.72. The van der Waals surface area contributed by atoms with Crippen LogP contribution in [-0.2, 0) is 22.6 Å². The summed E-state index contributed by atoms with van der Waals surface area (Å²) < 4.78 is 5.50. The van der Waals surface area contributed by atoms with E-state index in [1.807, 2.05) is 19.9 Å². The van der Waals surface area contributed by atoms with Gasteiger partial charge in [-0.2, -0.15) is 0 Å². The number of aromatic hydroxyl groups is 1. The number of carbonyl (C=O) groups is 1. The van der Waals surface area contributed by atoms with Gasteiger partial charge in [-0.25, -0.2) is 0 Å². The molecular formula is C15H18O4. The number of phenolic OH excluding ortho intramolecular Hbond substituents is 1. The molecule has 1 aliphatic heterocycles. The van der Waals surface area contributed by atoms with E-state index in [1.165, 1.54) is 5.57 Å². The summed E-state index contributed by atoms with van der Waals surface area (Å²) >= 11 is 0. The average molecular weight is 262 g/mol. The minimum atomic E-state index is -0.894. The van der Waals surface area contributed by atoms with Crippen molar-refractivity contribution in [3.8, 4) is 5.75 Å². The number of allylic oxidation sites excluding steroid dienone is 2. The van der Waals surface area contributed by atoms with Gasteiger partial charge in [0.05, 0.1) is 19.1 Å². The van der Waals surface area contributed by atoms with E-state index in [4.69, 9.17) is 9.84 Å². The molecule has 0 aromatic heterocycles. The predicted molar refractivity (Wildman–Crippen MR) is 71.0 cm³/mol. The molecule has 0 amide bonds. The predicted octanol–water partition coefficient (Wildman–Crippen LogP) is 2.95. The van der Waals surface area contributed by atoms with Crippen molar-refractivity contribution < 1.29 is 19.7 Å². The second kappa shape index (κ2) is 5.45. The van der Waals surface area contributed by atoms with Crippen LogP contribution in [0.25, 0.3) is 0 Å². The van der Waals surface area contributed by atoms with Crippen LogP contribution in [0.3, 0.4) is 0 Å². The molecule has 102 valence electrons. The highest BCUT2D eigenvalue weighted by atomic mass is 16.5. The van der Waals surface area contributed by atoms with Gasteiger partial charge in [0.15, 0.2) is 0 Å². The summed E-state index contributed by atoms with van der Waals surface area (Å²) in [5.41, 5.74) is 3.80. The highest BCUT2D eigenvalue weighted by Crippen LogP contribution is 2.40. The monoisotopic (exact) mass is 262 g/mol. The van der Waals surface area contributed by atoms with E-state index in [1.54, 1.807) is 6.07 Å². The molecule has 0 fully saturated rings. The topological polar surface area (TPSA) is 66.8 Å². The molecule has 4 heteroatoms. The first-order chi connectivity index (χ1) is 8.99. The molecule has 0 radical (unpaired) electrons. The Bertz CT molecular complexity index is 527. The normalized spacial score (nSPS) is 17.1. The first-order valence-corrected chi connectivity index (χ1v) is 6.29. The number of hydrogen-bond donors (Lipinski definition) is 2. The van der Waals surface area contributed by atoms with E-state index >= 15 is 0 Å². The van der Waals surface area contributed by atoms with E-state index in [-0.39, 0.29) is 18.8 Å². The lowest BCUT2D eigenvalue weighted by Gasteiger charge is -2.13.